The number of aliphatic imine (C=N–C) groups is 1. The zero-order valence-electron chi connectivity index (χ0n) is 17.3. The summed E-state index contributed by atoms with van der Waals surface area (Å²) in [5.41, 5.74) is 4.05. The molecule has 0 spiro atoms. The zero-order chi connectivity index (χ0) is 22.3. The number of aryl methyl sites for hydroxylation is 1. The van der Waals surface area contributed by atoms with Gasteiger partial charge in [-0.3, -0.25) is 0 Å². The second kappa shape index (κ2) is 8.19. The number of nitrogens with zero attached hydrogens (tertiary/aromatic N) is 4. The van der Waals surface area contributed by atoms with Crippen LogP contribution in [0.1, 0.15) is 36.5 Å². The number of likely N-dealkylation sites (tertiary alicyclic amines) is 1. The predicted molar refractivity (Wildman–Crippen MR) is 118 cm³/mol. The maximum Gasteiger partial charge on any atom is 0.416 e. The van der Waals surface area contributed by atoms with Crippen LogP contribution in [0.2, 0.25) is 0 Å². The van der Waals surface area contributed by atoms with E-state index in [1.807, 2.05) is 24.6 Å². The summed E-state index contributed by atoms with van der Waals surface area (Å²) in [6.07, 6.45) is 2.03. The molecule has 0 amide bonds. The number of piperidine rings is 1. The van der Waals surface area contributed by atoms with E-state index < -0.39 is 11.7 Å². The molecule has 8 heteroatoms. The smallest absolute Gasteiger partial charge is 0.374 e. The third-order valence-electron chi connectivity index (χ3n) is 5.93. The van der Waals surface area contributed by atoms with Crippen LogP contribution in [0.25, 0.3) is 5.69 Å². The molecule has 0 atom stereocenters. The minimum Gasteiger partial charge on any atom is -0.374 e. The number of rotatable bonds is 2. The molecule has 0 N–H and O–H groups in total. The van der Waals surface area contributed by atoms with Gasteiger partial charge in [-0.2, -0.15) is 18.4 Å². The van der Waals surface area contributed by atoms with Gasteiger partial charge in [0.2, 0.25) is 0 Å². The van der Waals surface area contributed by atoms with E-state index in [0.29, 0.717) is 16.6 Å². The van der Waals surface area contributed by atoms with Crippen LogP contribution in [-0.2, 0) is 12.6 Å². The third-order valence-corrected chi connectivity index (χ3v) is 6.57. The van der Waals surface area contributed by atoms with Crippen LogP contribution in [0, 0.1) is 24.2 Å². The molecule has 4 nitrogen and oxygen atoms in total. The van der Waals surface area contributed by atoms with Crippen molar-refractivity contribution in [3.63, 3.8) is 0 Å². The van der Waals surface area contributed by atoms with Crippen molar-refractivity contribution in [3.8, 4) is 11.8 Å². The van der Waals surface area contributed by atoms with E-state index in [1.165, 1.54) is 11.8 Å². The highest BCUT2D eigenvalue weighted by Gasteiger charge is 2.31. The predicted octanol–water partition coefficient (Wildman–Crippen LogP) is 6.34. The lowest BCUT2D eigenvalue weighted by molar-refractivity contribution is -0.137. The molecule has 2 aromatic rings. The average molecular weight is 491 g/mol. The summed E-state index contributed by atoms with van der Waals surface area (Å²) in [7, 11) is 0. The summed E-state index contributed by atoms with van der Waals surface area (Å²) in [6.45, 7) is 5.63. The fourth-order valence-electron chi connectivity index (χ4n) is 4.23. The molecule has 0 bridgehead atoms. The highest BCUT2D eigenvalue weighted by atomic mass is 79.9. The van der Waals surface area contributed by atoms with Crippen LogP contribution in [0.4, 0.5) is 19.0 Å². The lowest BCUT2D eigenvalue weighted by Gasteiger charge is -2.33. The van der Waals surface area contributed by atoms with E-state index in [-0.39, 0.29) is 5.92 Å². The lowest BCUT2D eigenvalue weighted by atomic mass is 9.97. The Morgan fingerprint density at radius 2 is 1.90 bits per heavy atom. The molecule has 31 heavy (non-hydrogen) atoms. The number of fused-ring (bicyclic) bond motifs is 1. The molecule has 3 heterocycles. The molecule has 0 aliphatic carbocycles. The first kappa shape index (κ1) is 21.7. The number of halogens is 4. The van der Waals surface area contributed by atoms with Gasteiger partial charge < -0.3 is 9.47 Å². The largest absolute Gasteiger partial charge is 0.416 e. The molecule has 0 unspecified atom stereocenters. The van der Waals surface area contributed by atoms with Crippen molar-refractivity contribution < 1.29 is 13.2 Å². The van der Waals surface area contributed by atoms with Gasteiger partial charge in [-0.05, 0) is 72.5 Å². The van der Waals surface area contributed by atoms with Crippen LogP contribution < -0.4 is 0 Å². The van der Waals surface area contributed by atoms with Crippen molar-refractivity contribution in [2.45, 2.75) is 39.3 Å². The monoisotopic (exact) mass is 490 g/mol. The highest BCUT2D eigenvalue weighted by Crippen LogP contribution is 2.38. The molecular formula is C23H22BrF3N4. The number of aromatic nitrogens is 1. The summed E-state index contributed by atoms with van der Waals surface area (Å²) in [6, 6.07) is 6.04. The number of allylic oxidation sites excluding steroid dienone is 2. The van der Waals surface area contributed by atoms with Crippen LogP contribution >= 0.6 is 15.9 Å². The van der Waals surface area contributed by atoms with Crippen molar-refractivity contribution >= 4 is 27.5 Å². The van der Waals surface area contributed by atoms with E-state index in [1.54, 1.807) is 0 Å². The summed E-state index contributed by atoms with van der Waals surface area (Å²) >= 11 is 3.32. The number of alkyl halides is 3. The number of hydrogen-bond acceptors (Lipinski definition) is 3. The van der Waals surface area contributed by atoms with E-state index >= 15 is 0 Å². The van der Waals surface area contributed by atoms with E-state index in [9.17, 15) is 13.2 Å². The lowest BCUT2D eigenvalue weighted by Crippen LogP contribution is -2.33. The van der Waals surface area contributed by atoms with Crippen molar-refractivity contribution in [1.29, 1.82) is 5.26 Å². The van der Waals surface area contributed by atoms with E-state index in [0.717, 1.165) is 60.7 Å². The Hall–Kier alpha value is -2.53. The molecule has 2 aliphatic heterocycles. The molecule has 0 saturated carbocycles. The first-order chi connectivity index (χ1) is 14.7. The van der Waals surface area contributed by atoms with Crippen molar-refractivity contribution in [1.82, 2.24) is 9.47 Å². The fourth-order valence-corrected chi connectivity index (χ4v) is 4.80. The summed E-state index contributed by atoms with van der Waals surface area (Å²) in [5, 5.41) is 9.17. The highest BCUT2D eigenvalue weighted by molar-refractivity contribution is 9.10. The zero-order valence-corrected chi connectivity index (χ0v) is 18.9. The van der Waals surface area contributed by atoms with Crippen LogP contribution in [0.5, 0.6) is 0 Å². The van der Waals surface area contributed by atoms with Gasteiger partial charge in [0.15, 0.2) is 0 Å². The maximum atomic E-state index is 13.1. The Morgan fingerprint density at radius 3 is 2.52 bits per heavy atom. The molecule has 1 aromatic heterocycles. The molecule has 1 aromatic carbocycles. The Bertz CT molecular complexity index is 1110. The molecule has 1 saturated heterocycles. The minimum atomic E-state index is -4.39. The molecular weight excluding hydrogens is 469 g/mol. The van der Waals surface area contributed by atoms with Gasteiger partial charge in [0.1, 0.15) is 5.82 Å². The van der Waals surface area contributed by atoms with Crippen molar-refractivity contribution in [2.24, 2.45) is 10.9 Å². The van der Waals surface area contributed by atoms with Gasteiger partial charge in [0.05, 0.1) is 17.3 Å². The maximum absolute atomic E-state index is 13.1. The Morgan fingerprint density at radius 1 is 1.19 bits per heavy atom. The van der Waals surface area contributed by atoms with Gasteiger partial charge in [-0.15, -0.1) is 0 Å². The van der Waals surface area contributed by atoms with Crippen molar-refractivity contribution in [3.05, 3.63) is 57.3 Å². The first-order valence-electron chi connectivity index (χ1n) is 10.2. The summed E-state index contributed by atoms with van der Waals surface area (Å²) in [4.78, 5) is 7.13. The van der Waals surface area contributed by atoms with Gasteiger partial charge in [-0.1, -0.05) is 0 Å². The Kier molecular flexibility index (Phi) is 5.73. The summed E-state index contributed by atoms with van der Waals surface area (Å²) < 4.78 is 41.4. The Balaban J connectivity index is 1.69. The molecule has 162 valence electrons. The fraction of sp³-hybridized carbons (Fsp3) is 0.391. The van der Waals surface area contributed by atoms with E-state index in [4.69, 9.17) is 10.3 Å². The molecule has 2 aliphatic rings. The van der Waals surface area contributed by atoms with Gasteiger partial charge in [-0.25, -0.2) is 4.99 Å². The molecule has 1 fully saturated rings. The van der Waals surface area contributed by atoms with Gasteiger partial charge in [0, 0.05) is 53.1 Å². The van der Waals surface area contributed by atoms with Gasteiger partial charge >= 0.3 is 6.18 Å². The van der Waals surface area contributed by atoms with Gasteiger partial charge in [0.25, 0.3) is 0 Å². The Labute approximate surface area is 187 Å². The normalized spacial score (nSPS) is 17.5. The van der Waals surface area contributed by atoms with Crippen molar-refractivity contribution in [2.75, 3.05) is 13.1 Å². The van der Waals surface area contributed by atoms with Crippen LogP contribution in [-0.4, -0.2) is 28.3 Å². The first-order valence-corrected chi connectivity index (χ1v) is 10.9. The second-order valence-corrected chi connectivity index (χ2v) is 8.96. The number of nitriles is 1. The topological polar surface area (TPSA) is 44.3 Å². The molecule has 4 rings (SSSR count). The van der Waals surface area contributed by atoms with Crippen LogP contribution in [0.3, 0.4) is 0 Å². The molecule has 0 radical (unpaired) electrons. The third kappa shape index (κ3) is 4.29. The average Bonchev–Trinajstić information content (AvgIpc) is 2.91. The van der Waals surface area contributed by atoms with Crippen LogP contribution in [0.15, 0.2) is 45.6 Å². The van der Waals surface area contributed by atoms with E-state index in [2.05, 4.69) is 33.0 Å². The minimum absolute atomic E-state index is 0.118. The summed E-state index contributed by atoms with van der Waals surface area (Å²) in [5.74, 6) is 0.862. The standard InChI is InChI=1S/C23H22BrF3N4/c1-14-13-31(21-4-3-17(10-20(21)24)23(25,26)27)22-19(14)11-18(9-15(2)29-22)30-7-5-16(12-28)6-8-30/h3-4,9-10,13,16H,5-8,11H2,1-2H3. The SMILES string of the molecule is CC1=Nc2c(c(C)cn2-c2ccc(C(F)(F)F)cc2Br)CC(N2CCC(C#N)CC2)=C1. The second-order valence-electron chi connectivity index (χ2n) is 8.10. The quantitative estimate of drug-likeness (QED) is 0.493. The number of benzene rings is 1. The number of hydrogen-bond donors (Lipinski definition) is 0.